The van der Waals surface area contributed by atoms with Crippen LogP contribution in [-0.4, -0.2) is 65.0 Å². The number of ether oxygens (including phenoxy) is 5. The Balaban J connectivity index is 1.70. The van der Waals surface area contributed by atoms with Gasteiger partial charge < -0.3 is 23.7 Å². The zero-order valence-electron chi connectivity index (χ0n) is 25.9. The lowest BCUT2D eigenvalue weighted by Crippen LogP contribution is -2.74. The first-order valence-corrected chi connectivity index (χ1v) is 15.3. The van der Waals surface area contributed by atoms with Crippen molar-refractivity contribution in [2.24, 2.45) is 17.3 Å². The number of hydrogen-bond donors (Lipinski definition) is 0. The molecule has 1 spiro atoms. The van der Waals surface area contributed by atoms with E-state index in [0.717, 1.165) is 0 Å². The standard InChI is InChI=1S/C34H41NO9/c1-6-11-27(37)42-28-25-18-34(44-32(25,4)5)21(2)15-16-26(41-22(3)36)33(34,20-40-30(38)24-14-10-17-35-19-24)29(28)43-31(39)23-12-8-7-9-13-23/h7-10,12-14,17,19,21,25-26,28-29H,6,11,15-16,18,20H2,1-5H3/t21-,25+,26+,28+,29-,33?,34+/m1/s1. The van der Waals surface area contributed by atoms with Crippen LogP contribution in [0.5, 0.6) is 0 Å². The van der Waals surface area contributed by atoms with E-state index in [2.05, 4.69) is 11.9 Å². The highest BCUT2D eigenvalue weighted by molar-refractivity contribution is 5.90. The molecule has 0 N–H and O–H groups in total. The normalized spacial score (nSPS) is 31.7. The molecule has 44 heavy (non-hydrogen) atoms. The molecule has 3 aliphatic rings. The molecule has 236 valence electrons. The molecule has 2 saturated carbocycles. The lowest BCUT2D eigenvalue weighted by molar-refractivity contribution is -0.287. The van der Waals surface area contributed by atoms with Gasteiger partial charge in [-0.05, 0) is 69.7 Å². The Morgan fingerprint density at radius 2 is 1.68 bits per heavy atom. The SMILES string of the molecule is CCCC(=O)O[C@@H]1[C@@H](OC(=O)c2ccccc2)C2(COC(=O)c3cccnc3)[C@@H](OC(C)=O)CC[C@@H](C)[C@@]23C[C@@H]1C(C)(C)O3. The van der Waals surface area contributed by atoms with Crippen LogP contribution in [0, 0.1) is 17.3 Å². The topological polar surface area (TPSA) is 127 Å². The van der Waals surface area contributed by atoms with Gasteiger partial charge in [-0.3, -0.25) is 14.6 Å². The smallest absolute Gasteiger partial charge is 0.339 e. The van der Waals surface area contributed by atoms with Gasteiger partial charge in [0.15, 0.2) is 6.10 Å². The van der Waals surface area contributed by atoms with Crippen LogP contribution in [-0.2, 0) is 33.3 Å². The minimum Gasteiger partial charge on any atom is -0.462 e. The third kappa shape index (κ3) is 5.49. The third-order valence-corrected chi connectivity index (χ3v) is 9.70. The summed E-state index contributed by atoms with van der Waals surface area (Å²) >= 11 is 0. The van der Waals surface area contributed by atoms with Gasteiger partial charge in [0.1, 0.15) is 24.2 Å². The van der Waals surface area contributed by atoms with E-state index >= 15 is 0 Å². The number of carbonyl (C=O) groups is 4. The first kappa shape index (κ1) is 31.6. The molecule has 10 nitrogen and oxygen atoms in total. The molecular formula is C34H41NO9. The van der Waals surface area contributed by atoms with E-state index in [-0.39, 0.29) is 30.4 Å². The summed E-state index contributed by atoms with van der Waals surface area (Å²) in [5.41, 5.74) is -2.76. The number of aromatic nitrogens is 1. The summed E-state index contributed by atoms with van der Waals surface area (Å²) in [4.78, 5) is 57.0. The summed E-state index contributed by atoms with van der Waals surface area (Å²) in [6.07, 6.45) is 2.14. The second-order valence-corrected chi connectivity index (χ2v) is 12.7. The molecule has 0 radical (unpaired) electrons. The molecule has 2 heterocycles. The van der Waals surface area contributed by atoms with Gasteiger partial charge in [-0.15, -0.1) is 0 Å². The zero-order valence-corrected chi connectivity index (χ0v) is 25.9. The highest BCUT2D eigenvalue weighted by Gasteiger charge is 2.79. The van der Waals surface area contributed by atoms with Crippen LogP contribution >= 0.6 is 0 Å². The predicted molar refractivity (Wildman–Crippen MR) is 157 cm³/mol. The number of fused-ring (bicyclic) bond motifs is 1. The number of pyridine rings is 1. The van der Waals surface area contributed by atoms with Crippen LogP contribution in [0.2, 0.25) is 0 Å². The second-order valence-electron chi connectivity index (χ2n) is 12.7. The van der Waals surface area contributed by atoms with Gasteiger partial charge in [-0.1, -0.05) is 32.0 Å². The highest BCUT2D eigenvalue weighted by atomic mass is 16.6. The van der Waals surface area contributed by atoms with Crippen LogP contribution in [0.1, 0.15) is 87.4 Å². The zero-order chi connectivity index (χ0) is 31.7. The molecule has 2 aromatic rings. The lowest BCUT2D eigenvalue weighted by Gasteiger charge is -2.61. The van der Waals surface area contributed by atoms with E-state index < -0.39 is 58.8 Å². The molecule has 1 aromatic heterocycles. The van der Waals surface area contributed by atoms with Crippen LogP contribution in [0.25, 0.3) is 0 Å². The van der Waals surface area contributed by atoms with Gasteiger partial charge in [-0.25, -0.2) is 9.59 Å². The van der Waals surface area contributed by atoms with Crippen molar-refractivity contribution < 1.29 is 42.9 Å². The summed E-state index contributed by atoms with van der Waals surface area (Å²) < 4.78 is 31.7. The van der Waals surface area contributed by atoms with Crippen molar-refractivity contribution in [2.75, 3.05) is 6.61 Å². The highest BCUT2D eigenvalue weighted by Crippen LogP contribution is 2.67. The molecule has 1 aromatic carbocycles. The molecule has 2 bridgehead atoms. The Kier molecular flexibility index (Phi) is 8.84. The number of carbonyl (C=O) groups excluding carboxylic acids is 4. The maximum absolute atomic E-state index is 13.8. The average molecular weight is 608 g/mol. The lowest BCUT2D eigenvalue weighted by atomic mass is 9.49. The molecule has 3 fully saturated rings. The van der Waals surface area contributed by atoms with Crippen LogP contribution in [0.15, 0.2) is 54.9 Å². The summed E-state index contributed by atoms with van der Waals surface area (Å²) in [5.74, 6) is -2.74. The summed E-state index contributed by atoms with van der Waals surface area (Å²) in [7, 11) is 0. The van der Waals surface area contributed by atoms with Crippen molar-refractivity contribution in [1.82, 2.24) is 4.98 Å². The Morgan fingerprint density at radius 3 is 2.34 bits per heavy atom. The fraction of sp³-hybridized carbons (Fsp3) is 0.559. The van der Waals surface area contributed by atoms with Gasteiger partial charge in [0.25, 0.3) is 0 Å². The fourth-order valence-electron chi connectivity index (χ4n) is 7.71. The Bertz CT molecular complexity index is 1380. The second kappa shape index (κ2) is 12.3. The molecule has 2 aliphatic carbocycles. The number of hydrogen-bond acceptors (Lipinski definition) is 10. The molecule has 0 amide bonds. The Labute approximate surface area is 257 Å². The first-order valence-electron chi connectivity index (χ1n) is 15.3. The molecule has 1 saturated heterocycles. The van der Waals surface area contributed by atoms with Crippen molar-refractivity contribution in [3.05, 3.63) is 66.0 Å². The largest absolute Gasteiger partial charge is 0.462 e. The number of nitrogens with zero attached hydrogens (tertiary/aromatic N) is 1. The fourth-order valence-corrected chi connectivity index (χ4v) is 7.71. The van der Waals surface area contributed by atoms with Crippen LogP contribution < -0.4 is 0 Å². The maximum atomic E-state index is 13.8. The van der Waals surface area contributed by atoms with Gasteiger partial charge in [-0.2, -0.15) is 0 Å². The average Bonchev–Trinajstić information content (AvgIpc) is 3.26. The molecular weight excluding hydrogens is 566 g/mol. The van der Waals surface area contributed by atoms with Gasteiger partial charge in [0.05, 0.1) is 22.3 Å². The summed E-state index contributed by atoms with van der Waals surface area (Å²) in [6, 6.07) is 11.7. The minimum atomic E-state index is -1.42. The minimum absolute atomic E-state index is 0.110. The maximum Gasteiger partial charge on any atom is 0.339 e. The van der Waals surface area contributed by atoms with E-state index in [1.807, 2.05) is 20.8 Å². The first-order chi connectivity index (χ1) is 20.9. The van der Waals surface area contributed by atoms with Crippen molar-refractivity contribution in [2.45, 2.75) is 96.2 Å². The molecule has 5 rings (SSSR count). The van der Waals surface area contributed by atoms with Gasteiger partial charge in [0, 0.05) is 31.7 Å². The van der Waals surface area contributed by atoms with Gasteiger partial charge in [0.2, 0.25) is 0 Å². The van der Waals surface area contributed by atoms with Crippen molar-refractivity contribution in [1.29, 1.82) is 0 Å². The van der Waals surface area contributed by atoms with Crippen LogP contribution in [0.3, 0.4) is 0 Å². The van der Waals surface area contributed by atoms with Crippen molar-refractivity contribution >= 4 is 23.9 Å². The molecule has 7 atom stereocenters. The van der Waals surface area contributed by atoms with Crippen LogP contribution in [0.4, 0.5) is 0 Å². The Hall–Kier alpha value is -3.79. The quantitative estimate of drug-likeness (QED) is 0.281. The Morgan fingerprint density at radius 1 is 0.955 bits per heavy atom. The monoisotopic (exact) mass is 607 g/mol. The van der Waals surface area contributed by atoms with E-state index in [4.69, 9.17) is 23.7 Å². The summed E-state index contributed by atoms with van der Waals surface area (Å²) in [6.45, 7) is 8.79. The number of rotatable bonds is 9. The third-order valence-electron chi connectivity index (χ3n) is 9.70. The van der Waals surface area contributed by atoms with Crippen molar-refractivity contribution in [3.63, 3.8) is 0 Å². The van der Waals surface area contributed by atoms with Crippen molar-refractivity contribution in [3.8, 4) is 0 Å². The molecule has 10 heteroatoms. The molecule has 1 aliphatic heterocycles. The molecule has 1 unspecified atom stereocenters. The predicted octanol–water partition coefficient (Wildman–Crippen LogP) is 5.09. The number of benzene rings is 1. The van der Waals surface area contributed by atoms with Gasteiger partial charge >= 0.3 is 23.9 Å². The van der Waals surface area contributed by atoms with E-state index in [1.54, 1.807) is 48.7 Å². The van der Waals surface area contributed by atoms with E-state index in [9.17, 15) is 19.2 Å². The summed E-state index contributed by atoms with van der Waals surface area (Å²) in [5, 5.41) is 0. The van der Waals surface area contributed by atoms with E-state index in [1.165, 1.54) is 13.1 Å². The van der Waals surface area contributed by atoms with E-state index in [0.29, 0.717) is 31.2 Å². The number of esters is 4.